The van der Waals surface area contributed by atoms with E-state index < -0.39 is 0 Å². The lowest BCUT2D eigenvalue weighted by atomic mass is 10.3. The Morgan fingerprint density at radius 1 is 1.40 bits per heavy atom. The lowest BCUT2D eigenvalue weighted by Crippen LogP contribution is -2.04. The normalized spacial score (nSPS) is 15.3. The van der Waals surface area contributed by atoms with Gasteiger partial charge in [-0.05, 0) is 31.9 Å². The van der Waals surface area contributed by atoms with Crippen LogP contribution in [0.1, 0.15) is 42.3 Å². The number of nitrogens with zero attached hydrogens (tertiary/aromatic N) is 2. The van der Waals surface area contributed by atoms with Crippen molar-refractivity contribution in [2.24, 2.45) is 0 Å². The van der Waals surface area contributed by atoms with E-state index in [4.69, 9.17) is 0 Å². The summed E-state index contributed by atoms with van der Waals surface area (Å²) in [6, 6.07) is 3.90. The van der Waals surface area contributed by atoms with Gasteiger partial charge in [-0.15, -0.1) is 23.7 Å². The van der Waals surface area contributed by atoms with Gasteiger partial charge in [0.2, 0.25) is 0 Å². The van der Waals surface area contributed by atoms with Crippen LogP contribution in [-0.4, -0.2) is 9.78 Å². The van der Waals surface area contributed by atoms with Crippen molar-refractivity contribution in [1.82, 2.24) is 9.78 Å². The third-order valence-corrected chi connectivity index (χ3v) is 4.57. The Balaban J connectivity index is 0.00000147. The van der Waals surface area contributed by atoms with Crippen molar-refractivity contribution in [2.45, 2.75) is 45.2 Å². The zero-order valence-corrected chi connectivity index (χ0v) is 13.1. The van der Waals surface area contributed by atoms with Gasteiger partial charge in [-0.1, -0.05) is 12.8 Å². The number of aryl methyl sites for hydroxylation is 1. The summed E-state index contributed by atoms with van der Waals surface area (Å²) in [5.41, 5.74) is 2.07. The monoisotopic (exact) mass is 315 g/mol. The zero-order valence-electron chi connectivity index (χ0n) is 11.4. The van der Waals surface area contributed by atoms with Crippen molar-refractivity contribution in [3.63, 3.8) is 0 Å². The SMILES string of the molecule is Cc1nn(C2CCCC2)cc1NCc1ccc(F)s1.Cl. The Kier molecular flexibility index (Phi) is 5.05. The topological polar surface area (TPSA) is 29.9 Å². The summed E-state index contributed by atoms with van der Waals surface area (Å²) in [6.07, 6.45) is 7.17. The highest BCUT2D eigenvalue weighted by molar-refractivity contribution is 7.10. The second-order valence-corrected chi connectivity index (χ2v) is 6.22. The van der Waals surface area contributed by atoms with E-state index in [1.54, 1.807) is 0 Å². The summed E-state index contributed by atoms with van der Waals surface area (Å²) in [6.45, 7) is 2.68. The van der Waals surface area contributed by atoms with E-state index in [-0.39, 0.29) is 17.5 Å². The maximum Gasteiger partial charge on any atom is 0.176 e. The van der Waals surface area contributed by atoms with Crippen molar-refractivity contribution in [3.8, 4) is 0 Å². The molecule has 0 saturated heterocycles. The van der Waals surface area contributed by atoms with Gasteiger partial charge in [0.1, 0.15) is 0 Å². The third kappa shape index (κ3) is 3.33. The Bertz CT molecular complexity index is 561. The van der Waals surface area contributed by atoms with E-state index in [0.717, 1.165) is 16.3 Å². The van der Waals surface area contributed by atoms with Crippen LogP contribution in [0.3, 0.4) is 0 Å². The zero-order chi connectivity index (χ0) is 13.2. The molecule has 20 heavy (non-hydrogen) atoms. The Morgan fingerprint density at radius 3 is 2.80 bits per heavy atom. The predicted octanol–water partition coefficient (Wildman–Crippen LogP) is 4.54. The Labute approximate surface area is 128 Å². The van der Waals surface area contributed by atoms with Crippen LogP contribution in [0.2, 0.25) is 0 Å². The molecule has 0 amide bonds. The predicted molar refractivity (Wildman–Crippen MR) is 83.3 cm³/mol. The number of nitrogens with one attached hydrogen (secondary N) is 1. The molecule has 1 fully saturated rings. The van der Waals surface area contributed by atoms with Gasteiger partial charge < -0.3 is 5.32 Å². The fourth-order valence-electron chi connectivity index (χ4n) is 2.64. The molecule has 2 aromatic rings. The first-order chi connectivity index (χ1) is 9.22. The van der Waals surface area contributed by atoms with Crippen LogP contribution in [0.4, 0.5) is 10.1 Å². The number of rotatable bonds is 4. The molecular weight excluding hydrogens is 297 g/mol. The summed E-state index contributed by atoms with van der Waals surface area (Å²) in [7, 11) is 0. The summed E-state index contributed by atoms with van der Waals surface area (Å²) in [4.78, 5) is 1.01. The van der Waals surface area contributed by atoms with Crippen LogP contribution in [0, 0.1) is 12.1 Å². The summed E-state index contributed by atoms with van der Waals surface area (Å²) >= 11 is 1.19. The number of thiophene rings is 1. The number of hydrogen-bond donors (Lipinski definition) is 1. The molecule has 1 aliphatic rings. The molecule has 110 valence electrons. The van der Waals surface area contributed by atoms with Gasteiger partial charge in [0.25, 0.3) is 0 Å². The highest BCUT2D eigenvalue weighted by Gasteiger charge is 2.18. The molecule has 2 aromatic heterocycles. The quantitative estimate of drug-likeness (QED) is 0.897. The summed E-state index contributed by atoms with van der Waals surface area (Å²) in [5, 5.41) is 7.81. The van der Waals surface area contributed by atoms with Crippen LogP contribution in [0.5, 0.6) is 0 Å². The molecule has 0 unspecified atom stereocenters. The van der Waals surface area contributed by atoms with E-state index in [9.17, 15) is 4.39 Å². The average Bonchev–Trinajstić information content (AvgIpc) is 3.07. The minimum absolute atomic E-state index is 0. The molecule has 3 nitrogen and oxygen atoms in total. The molecule has 3 rings (SSSR count). The second kappa shape index (κ2) is 6.59. The van der Waals surface area contributed by atoms with E-state index in [1.807, 2.05) is 13.0 Å². The highest BCUT2D eigenvalue weighted by Crippen LogP contribution is 2.30. The van der Waals surface area contributed by atoms with E-state index in [1.165, 1.54) is 43.1 Å². The van der Waals surface area contributed by atoms with E-state index in [0.29, 0.717) is 12.6 Å². The number of hydrogen-bond acceptors (Lipinski definition) is 3. The van der Waals surface area contributed by atoms with Crippen molar-refractivity contribution in [3.05, 3.63) is 34.0 Å². The molecular formula is C14H19ClFN3S. The van der Waals surface area contributed by atoms with Gasteiger partial charge >= 0.3 is 0 Å². The van der Waals surface area contributed by atoms with Gasteiger partial charge in [0, 0.05) is 17.6 Å². The number of halogens is 2. The molecule has 2 heterocycles. The lowest BCUT2D eigenvalue weighted by Gasteiger charge is -2.08. The lowest BCUT2D eigenvalue weighted by molar-refractivity contribution is 0.464. The van der Waals surface area contributed by atoms with Crippen LogP contribution in [0.25, 0.3) is 0 Å². The van der Waals surface area contributed by atoms with Crippen LogP contribution in [0.15, 0.2) is 18.3 Å². The maximum atomic E-state index is 12.9. The second-order valence-electron chi connectivity index (χ2n) is 5.11. The first kappa shape index (κ1) is 15.3. The van der Waals surface area contributed by atoms with Crippen molar-refractivity contribution in [1.29, 1.82) is 0 Å². The minimum atomic E-state index is -0.129. The van der Waals surface area contributed by atoms with E-state index in [2.05, 4.69) is 21.3 Å². The van der Waals surface area contributed by atoms with Gasteiger partial charge in [-0.25, -0.2) is 0 Å². The number of aromatic nitrogens is 2. The van der Waals surface area contributed by atoms with Crippen molar-refractivity contribution < 1.29 is 4.39 Å². The highest BCUT2D eigenvalue weighted by atomic mass is 35.5. The molecule has 0 aromatic carbocycles. The van der Waals surface area contributed by atoms with Gasteiger partial charge in [0.15, 0.2) is 5.13 Å². The molecule has 0 aliphatic heterocycles. The minimum Gasteiger partial charge on any atom is -0.377 e. The summed E-state index contributed by atoms with van der Waals surface area (Å²) in [5.74, 6) is 0. The molecule has 1 saturated carbocycles. The first-order valence-corrected chi connectivity index (χ1v) is 7.58. The van der Waals surface area contributed by atoms with Crippen LogP contribution < -0.4 is 5.32 Å². The molecule has 6 heteroatoms. The van der Waals surface area contributed by atoms with Crippen molar-refractivity contribution >= 4 is 29.4 Å². The fourth-order valence-corrected chi connectivity index (χ4v) is 3.31. The Hall–Kier alpha value is -1.07. The smallest absolute Gasteiger partial charge is 0.176 e. The average molecular weight is 316 g/mol. The fraction of sp³-hybridized carbons (Fsp3) is 0.500. The molecule has 1 aliphatic carbocycles. The third-order valence-electron chi connectivity index (χ3n) is 3.70. The molecule has 0 atom stereocenters. The van der Waals surface area contributed by atoms with Gasteiger partial charge in [0.05, 0.1) is 17.4 Å². The molecule has 1 N–H and O–H groups in total. The molecule has 0 bridgehead atoms. The number of anilines is 1. The summed E-state index contributed by atoms with van der Waals surface area (Å²) < 4.78 is 15.0. The maximum absolute atomic E-state index is 12.9. The van der Waals surface area contributed by atoms with E-state index >= 15 is 0 Å². The van der Waals surface area contributed by atoms with Crippen molar-refractivity contribution in [2.75, 3.05) is 5.32 Å². The van der Waals surface area contributed by atoms with Crippen LogP contribution in [-0.2, 0) is 6.54 Å². The van der Waals surface area contributed by atoms with Gasteiger partial charge in [-0.3, -0.25) is 4.68 Å². The Morgan fingerprint density at radius 2 is 2.15 bits per heavy atom. The van der Waals surface area contributed by atoms with Gasteiger partial charge in [-0.2, -0.15) is 9.49 Å². The van der Waals surface area contributed by atoms with Crippen LogP contribution >= 0.6 is 23.7 Å². The largest absolute Gasteiger partial charge is 0.377 e. The first-order valence-electron chi connectivity index (χ1n) is 6.76. The molecule has 0 spiro atoms. The standard InChI is InChI=1S/C14H18FN3S.ClH/c1-10-13(16-8-12-6-7-14(15)19-12)9-18(17-10)11-4-2-3-5-11;/h6-7,9,11,16H,2-5,8H2,1H3;1H. The molecule has 0 radical (unpaired) electrons.